The molecule has 0 atom stereocenters. The van der Waals surface area contributed by atoms with E-state index in [2.05, 4.69) is 23.0 Å². The van der Waals surface area contributed by atoms with Gasteiger partial charge in [-0.3, -0.25) is 9.98 Å². The standard InChI is InChI=1S/C40H36Cl2N4O2/c1-3-5-15-45-35-17-25(39(47)21-31(35)29-13-11-27(41)19-37(29)45)23-43-33-9-7-8-10-34(33)44-24-26-18-36-32(22-40(26)48)30-14-12-28(42)20-38(30)46(36)16-6-4-2/h7-14,17-24,47-48H,3-6,15-16H2,1-2H3. The molecular weight excluding hydrogens is 639 g/mol. The number of unbranched alkanes of at least 4 members (excludes halogenated alkanes) is 2. The first-order valence-corrected chi connectivity index (χ1v) is 17.2. The number of para-hydroxylation sites is 2. The maximum absolute atomic E-state index is 11.1. The van der Waals surface area contributed by atoms with E-state index in [-0.39, 0.29) is 11.5 Å². The Balaban J connectivity index is 1.25. The van der Waals surface area contributed by atoms with Crippen LogP contribution in [0.1, 0.15) is 50.7 Å². The molecule has 8 heteroatoms. The molecular formula is C40H36Cl2N4O2. The van der Waals surface area contributed by atoms with Gasteiger partial charge < -0.3 is 19.3 Å². The molecule has 0 saturated carbocycles. The van der Waals surface area contributed by atoms with Gasteiger partial charge in [0, 0.05) is 68.2 Å². The minimum Gasteiger partial charge on any atom is -0.507 e. The van der Waals surface area contributed by atoms with Crippen LogP contribution in [0.15, 0.2) is 94.9 Å². The van der Waals surface area contributed by atoms with Gasteiger partial charge in [-0.25, -0.2) is 0 Å². The van der Waals surface area contributed by atoms with Crippen LogP contribution in [0.5, 0.6) is 11.5 Å². The first-order chi connectivity index (χ1) is 23.4. The van der Waals surface area contributed by atoms with E-state index in [0.29, 0.717) is 32.5 Å². The van der Waals surface area contributed by atoms with Crippen LogP contribution in [-0.4, -0.2) is 31.8 Å². The van der Waals surface area contributed by atoms with Crippen LogP contribution < -0.4 is 0 Å². The van der Waals surface area contributed by atoms with E-state index in [1.165, 1.54) is 0 Å². The molecule has 7 rings (SSSR count). The van der Waals surface area contributed by atoms with E-state index in [0.717, 1.165) is 82.4 Å². The second-order valence-corrected chi connectivity index (χ2v) is 13.1. The van der Waals surface area contributed by atoms with Gasteiger partial charge in [0.2, 0.25) is 0 Å². The van der Waals surface area contributed by atoms with Crippen molar-refractivity contribution in [2.45, 2.75) is 52.6 Å². The van der Waals surface area contributed by atoms with Gasteiger partial charge in [-0.1, -0.05) is 74.2 Å². The van der Waals surface area contributed by atoms with Crippen molar-refractivity contribution in [3.8, 4) is 11.5 Å². The normalized spacial score (nSPS) is 12.2. The van der Waals surface area contributed by atoms with Crippen molar-refractivity contribution in [1.29, 1.82) is 0 Å². The van der Waals surface area contributed by atoms with Gasteiger partial charge in [0.15, 0.2) is 0 Å². The van der Waals surface area contributed by atoms with Crippen molar-refractivity contribution in [2.75, 3.05) is 0 Å². The number of benzene rings is 5. The van der Waals surface area contributed by atoms with Gasteiger partial charge >= 0.3 is 0 Å². The van der Waals surface area contributed by atoms with Crippen LogP contribution in [0, 0.1) is 0 Å². The molecule has 0 amide bonds. The van der Waals surface area contributed by atoms with Gasteiger partial charge in [0.25, 0.3) is 0 Å². The lowest BCUT2D eigenvalue weighted by Crippen LogP contribution is -1.97. The monoisotopic (exact) mass is 674 g/mol. The number of hydrogen-bond donors (Lipinski definition) is 2. The number of aromatic nitrogens is 2. The molecule has 242 valence electrons. The number of nitrogens with zero attached hydrogens (tertiary/aromatic N) is 4. The number of aromatic hydroxyl groups is 2. The summed E-state index contributed by atoms with van der Waals surface area (Å²) in [4.78, 5) is 9.53. The zero-order valence-electron chi connectivity index (χ0n) is 26.9. The molecule has 2 heterocycles. The number of hydrogen-bond acceptors (Lipinski definition) is 4. The third-order valence-corrected chi connectivity index (χ3v) is 9.46. The number of aryl methyl sites for hydroxylation is 2. The van der Waals surface area contributed by atoms with Crippen LogP contribution >= 0.6 is 23.2 Å². The molecule has 5 aromatic carbocycles. The van der Waals surface area contributed by atoms with Crippen molar-refractivity contribution in [2.24, 2.45) is 9.98 Å². The van der Waals surface area contributed by atoms with E-state index >= 15 is 0 Å². The highest BCUT2D eigenvalue weighted by Crippen LogP contribution is 2.37. The molecule has 6 nitrogen and oxygen atoms in total. The third kappa shape index (κ3) is 5.91. The Morgan fingerprint density at radius 2 is 0.979 bits per heavy atom. The third-order valence-electron chi connectivity index (χ3n) is 8.99. The second kappa shape index (κ2) is 13.4. The van der Waals surface area contributed by atoms with Crippen LogP contribution in [0.2, 0.25) is 10.0 Å². The lowest BCUT2D eigenvalue weighted by atomic mass is 10.1. The lowest BCUT2D eigenvalue weighted by molar-refractivity contribution is 0.474. The van der Waals surface area contributed by atoms with Gasteiger partial charge in [-0.05, 0) is 73.5 Å². The van der Waals surface area contributed by atoms with E-state index in [1.807, 2.05) is 84.9 Å². The zero-order chi connectivity index (χ0) is 33.4. The van der Waals surface area contributed by atoms with Crippen molar-refractivity contribution in [3.05, 3.63) is 106 Å². The summed E-state index contributed by atoms with van der Waals surface area (Å²) in [5.41, 5.74) is 6.64. The highest BCUT2D eigenvalue weighted by atomic mass is 35.5. The van der Waals surface area contributed by atoms with Crippen molar-refractivity contribution >= 4 is 90.6 Å². The predicted octanol–water partition coefficient (Wildman–Crippen LogP) is 11.7. The van der Waals surface area contributed by atoms with Crippen molar-refractivity contribution < 1.29 is 10.2 Å². The first-order valence-electron chi connectivity index (χ1n) is 16.4. The first kappa shape index (κ1) is 31.8. The quantitative estimate of drug-likeness (QED) is 0.142. The molecule has 0 fully saturated rings. The van der Waals surface area contributed by atoms with Crippen LogP contribution in [0.4, 0.5) is 11.4 Å². The molecule has 0 bridgehead atoms. The predicted molar refractivity (Wildman–Crippen MR) is 203 cm³/mol. The number of aliphatic imine (C=N–C) groups is 2. The summed E-state index contributed by atoms with van der Waals surface area (Å²) in [5, 5.41) is 27.6. The Labute approximate surface area is 289 Å². The molecule has 2 aromatic heterocycles. The maximum atomic E-state index is 11.1. The summed E-state index contributed by atoms with van der Waals surface area (Å²) < 4.78 is 4.54. The average Bonchev–Trinajstić information content (AvgIpc) is 3.53. The minimum atomic E-state index is 0.148. The molecule has 48 heavy (non-hydrogen) atoms. The summed E-state index contributed by atoms with van der Waals surface area (Å²) in [6, 6.07) is 27.0. The zero-order valence-corrected chi connectivity index (χ0v) is 28.4. The highest BCUT2D eigenvalue weighted by molar-refractivity contribution is 6.32. The summed E-state index contributed by atoms with van der Waals surface area (Å²) in [6.45, 7) is 6.05. The fourth-order valence-corrected chi connectivity index (χ4v) is 6.85. The topological polar surface area (TPSA) is 75.0 Å². The summed E-state index contributed by atoms with van der Waals surface area (Å²) in [6.07, 6.45) is 7.54. The second-order valence-electron chi connectivity index (χ2n) is 12.2. The molecule has 0 saturated heterocycles. The van der Waals surface area contributed by atoms with Crippen LogP contribution in [0.25, 0.3) is 43.6 Å². The number of phenols is 2. The van der Waals surface area contributed by atoms with Gasteiger partial charge in [-0.2, -0.15) is 0 Å². The number of phenolic OH excluding ortho intramolecular Hbond substituents is 2. The largest absolute Gasteiger partial charge is 0.507 e. The highest BCUT2D eigenvalue weighted by Gasteiger charge is 2.16. The summed E-state index contributed by atoms with van der Waals surface area (Å²) in [7, 11) is 0. The summed E-state index contributed by atoms with van der Waals surface area (Å²) >= 11 is 12.8. The number of halogens is 2. The molecule has 0 aliphatic carbocycles. The SMILES string of the molecule is CCCCn1c2cc(Cl)ccc2c2cc(O)c(C=Nc3ccccc3N=Cc3cc4c(cc3O)c3ccc(Cl)cc3n4CCCC)cc21. The Morgan fingerprint density at radius 1 is 0.562 bits per heavy atom. The lowest BCUT2D eigenvalue weighted by Gasteiger charge is -2.08. The molecule has 2 N–H and O–H groups in total. The molecule has 0 aliphatic heterocycles. The fraction of sp³-hybridized carbons (Fsp3) is 0.200. The van der Waals surface area contributed by atoms with Gasteiger partial charge in [0.1, 0.15) is 11.5 Å². The maximum Gasteiger partial charge on any atom is 0.125 e. The molecule has 0 radical (unpaired) electrons. The fourth-order valence-electron chi connectivity index (χ4n) is 6.52. The minimum absolute atomic E-state index is 0.148. The Bertz CT molecular complexity index is 2220. The Hall–Kier alpha value is -4.78. The Kier molecular flexibility index (Phi) is 8.86. The molecule has 7 aromatic rings. The van der Waals surface area contributed by atoms with E-state index in [4.69, 9.17) is 33.2 Å². The molecule has 0 unspecified atom stereocenters. The van der Waals surface area contributed by atoms with E-state index in [1.54, 1.807) is 12.4 Å². The molecule has 0 aliphatic rings. The van der Waals surface area contributed by atoms with E-state index in [9.17, 15) is 10.2 Å². The summed E-state index contributed by atoms with van der Waals surface area (Å²) in [5.74, 6) is 0.296. The number of rotatable bonds is 10. The van der Waals surface area contributed by atoms with Gasteiger partial charge in [-0.15, -0.1) is 0 Å². The van der Waals surface area contributed by atoms with Crippen LogP contribution in [0.3, 0.4) is 0 Å². The van der Waals surface area contributed by atoms with Crippen molar-refractivity contribution in [3.63, 3.8) is 0 Å². The van der Waals surface area contributed by atoms with Crippen LogP contribution in [-0.2, 0) is 13.1 Å². The van der Waals surface area contributed by atoms with Gasteiger partial charge in [0.05, 0.1) is 33.4 Å². The smallest absolute Gasteiger partial charge is 0.125 e. The van der Waals surface area contributed by atoms with Crippen molar-refractivity contribution in [1.82, 2.24) is 9.13 Å². The average molecular weight is 676 g/mol. The molecule has 0 spiro atoms. The number of fused-ring (bicyclic) bond motifs is 6. The van der Waals surface area contributed by atoms with E-state index < -0.39 is 0 Å². The Morgan fingerprint density at radius 3 is 1.40 bits per heavy atom.